The maximum Gasteiger partial charge on any atom is 0.286 e. The van der Waals surface area contributed by atoms with Gasteiger partial charge in [-0.05, 0) is 0 Å². The minimum Gasteiger partial charge on any atom is -0.473 e. The predicted molar refractivity (Wildman–Crippen MR) is 73.3 cm³/mol. The Kier molecular flexibility index (Phi) is 4.63. The van der Waals surface area contributed by atoms with Crippen molar-refractivity contribution in [2.24, 2.45) is 0 Å². The third-order valence-corrected chi connectivity index (χ3v) is 3.47. The molecule has 0 spiro atoms. The van der Waals surface area contributed by atoms with E-state index in [1.165, 1.54) is 19.5 Å². The van der Waals surface area contributed by atoms with Gasteiger partial charge in [-0.25, -0.2) is 13.8 Å². The van der Waals surface area contributed by atoms with E-state index in [1.54, 1.807) is 0 Å². The molecule has 112 valence electrons. The van der Waals surface area contributed by atoms with Gasteiger partial charge >= 0.3 is 0 Å². The topological polar surface area (TPSA) is 73.2 Å². The van der Waals surface area contributed by atoms with Crippen LogP contribution >= 0.6 is 11.3 Å². The largest absolute Gasteiger partial charge is 0.473 e. The van der Waals surface area contributed by atoms with Crippen molar-refractivity contribution >= 4 is 22.9 Å². The van der Waals surface area contributed by atoms with Crippen molar-refractivity contribution in [2.45, 2.75) is 6.54 Å². The molecule has 0 atom stereocenters. The van der Waals surface area contributed by atoms with E-state index in [2.05, 4.69) is 10.3 Å². The number of rotatable bonds is 5. The lowest BCUT2D eigenvalue weighted by molar-refractivity contribution is 0.103. The lowest BCUT2D eigenvalue weighted by atomic mass is 10.3. The summed E-state index contributed by atoms with van der Waals surface area (Å²) < 4.78 is 31.5. The molecule has 0 radical (unpaired) electrons. The summed E-state index contributed by atoms with van der Waals surface area (Å²) in [5, 5.41) is 2.73. The number of carbonyl (C=O) groups is 1. The van der Waals surface area contributed by atoms with E-state index in [1.807, 2.05) is 0 Å². The zero-order chi connectivity index (χ0) is 15.4. The smallest absolute Gasteiger partial charge is 0.286 e. The number of carbonyl (C=O) groups excluding carboxylic acids is 1. The van der Waals surface area contributed by atoms with Crippen molar-refractivity contribution < 1.29 is 18.3 Å². The standard InChI is InChI=1S/C12H11F2N3O3S/c1-20-12-15-5-9(21-12)10(18)16-7-4-8(14)11(19)17(6-7)3-2-13/h4-6H,2-3H2,1H3,(H,16,18). The SMILES string of the molecule is COc1ncc(C(=O)Nc2cc(F)c(=O)n(CCF)c2)s1. The molecule has 0 aliphatic heterocycles. The lowest BCUT2D eigenvalue weighted by Crippen LogP contribution is -2.24. The molecule has 0 bridgehead atoms. The summed E-state index contributed by atoms with van der Waals surface area (Å²) in [6.45, 7) is -1.10. The first-order valence-corrected chi connectivity index (χ1v) is 6.64. The summed E-state index contributed by atoms with van der Waals surface area (Å²) in [6, 6.07) is 0.882. The second kappa shape index (κ2) is 6.44. The van der Waals surface area contributed by atoms with Crippen LogP contribution in [0.25, 0.3) is 0 Å². The van der Waals surface area contributed by atoms with Gasteiger partial charge in [0.05, 0.1) is 25.5 Å². The van der Waals surface area contributed by atoms with Crippen LogP contribution in [0.4, 0.5) is 14.5 Å². The van der Waals surface area contributed by atoms with Gasteiger partial charge in [-0.3, -0.25) is 9.59 Å². The fourth-order valence-electron chi connectivity index (χ4n) is 1.57. The molecule has 21 heavy (non-hydrogen) atoms. The Morgan fingerprint density at radius 3 is 2.95 bits per heavy atom. The molecular weight excluding hydrogens is 304 g/mol. The first-order chi connectivity index (χ1) is 10.0. The Balaban J connectivity index is 2.22. The van der Waals surface area contributed by atoms with Gasteiger partial charge < -0.3 is 14.6 Å². The fraction of sp³-hybridized carbons (Fsp3) is 0.250. The minimum absolute atomic E-state index is 0.0536. The molecule has 1 amide bonds. The number of aryl methyl sites for hydroxylation is 1. The Bertz CT molecular complexity index is 714. The van der Waals surface area contributed by atoms with Gasteiger partial charge in [0.25, 0.3) is 16.7 Å². The molecule has 0 saturated carbocycles. The minimum atomic E-state index is -1.07. The van der Waals surface area contributed by atoms with Gasteiger partial charge in [-0.1, -0.05) is 11.3 Å². The Morgan fingerprint density at radius 1 is 1.57 bits per heavy atom. The summed E-state index contributed by atoms with van der Waals surface area (Å²) in [4.78, 5) is 27.4. The van der Waals surface area contributed by atoms with E-state index in [-0.39, 0.29) is 17.1 Å². The average Bonchev–Trinajstić information content (AvgIpc) is 2.93. The number of methoxy groups -OCH3 is 1. The maximum absolute atomic E-state index is 13.4. The number of nitrogens with zero attached hydrogens (tertiary/aromatic N) is 2. The summed E-state index contributed by atoms with van der Waals surface area (Å²) in [5.41, 5.74) is -0.886. The Labute approximate surface area is 122 Å². The second-order valence-electron chi connectivity index (χ2n) is 3.91. The van der Waals surface area contributed by atoms with Crippen molar-refractivity contribution in [2.75, 3.05) is 19.1 Å². The van der Waals surface area contributed by atoms with Crippen LogP contribution in [0.5, 0.6) is 5.19 Å². The van der Waals surface area contributed by atoms with Crippen LogP contribution in [-0.4, -0.2) is 29.2 Å². The lowest BCUT2D eigenvalue weighted by Gasteiger charge is -2.08. The van der Waals surface area contributed by atoms with E-state index in [9.17, 15) is 18.4 Å². The average molecular weight is 315 g/mol. The summed E-state index contributed by atoms with van der Waals surface area (Å²) in [7, 11) is 1.42. The van der Waals surface area contributed by atoms with E-state index >= 15 is 0 Å². The molecule has 2 rings (SSSR count). The Morgan fingerprint density at radius 2 is 2.33 bits per heavy atom. The van der Waals surface area contributed by atoms with Crippen LogP contribution in [0.2, 0.25) is 0 Å². The third kappa shape index (κ3) is 3.43. The second-order valence-corrected chi connectivity index (χ2v) is 4.91. The van der Waals surface area contributed by atoms with E-state index in [4.69, 9.17) is 4.74 Å². The molecule has 2 heterocycles. The first kappa shape index (κ1) is 15.1. The van der Waals surface area contributed by atoms with Crippen molar-refractivity contribution in [3.05, 3.63) is 39.5 Å². The number of nitrogens with one attached hydrogen (secondary N) is 1. The number of hydrogen-bond acceptors (Lipinski definition) is 5. The number of ether oxygens (including phenoxy) is 1. The fourth-order valence-corrected chi connectivity index (χ4v) is 2.20. The number of hydrogen-bond donors (Lipinski definition) is 1. The van der Waals surface area contributed by atoms with Gasteiger partial charge in [-0.2, -0.15) is 0 Å². The number of alkyl halides is 1. The highest BCUT2D eigenvalue weighted by atomic mass is 32.1. The van der Waals surface area contributed by atoms with Crippen molar-refractivity contribution in [3.8, 4) is 5.19 Å². The molecule has 2 aromatic heterocycles. The molecule has 6 nitrogen and oxygen atoms in total. The molecule has 9 heteroatoms. The van der Waals surface area contributed by atoms with Crippen molar-refractivity contribution in [1.29, 1.82) is 0 Å². The molecule has 0 aliphatic carbocycles. The van der Waals surface area contributed by atoms with Crippen LogP contribution in [0.15, 0.2) is 23.3 Å². The van der Waals surface area contributed by atoms with Crippen LogP contribution in [0.3, 0.4) is 0 Å². The molecule has 0 saturated heterocycles. The highest BCUT2D eigenvalue weighted by Crippen LogP contribution is 2.21. The summed E-state index contributed by atoms with van der Waals surface area (Å²) in [6.07, 6.45) is 2.49. The Hall–Kier alpha value is -2.29. The molecule has 2 aromatic rings. The van der Waals surface area contributed by atoms with Crippen LogP contribution in [0.1, 0.15) is 9.67 Å². The number of aromatic nitrogens is 2. The third-order valence-electron chi connectivity index (χ3n) is 2.51. The number of thiazole rings is 1. The van der Waals surface area contributed by atoms with Gasteiger partial charge in [0, 0.05) is 12.3 Å². The predicted octanol–water partition coefficient (Wildman–Crippen LogP) is 1.67. The zero-order valence-electron chi connectivity index (χ0n) is 10.9. The molecule has 1 N–H and O–H groups in total. The van der Waals surface area contributed by atoms with Gasteiger partial charge in [0.1, 0.15) is 11.6 Å². The molecule has 0 aliphatic rings. The van der Waals surface area contributed by atoms with Crippen molar-refractivity contribution in [1.82, 2.24) is 9.55 Å². The highest BCUT2D eigenvalue weighted by molar-refractivity contribution is 7.15. The monoisotopic (exact) mass is 315 g/mol. The number of halogens is 2. The van der Waals surface area contributed by atoms with Gasteiger partial charge in [0.15, 0.2) is 5.82 Å². The quantitative estimate of drug-likeness (QED) is 0.911. The van der Waals surface area contributed by atoms with E-state index in [0.717, 1.165) is 22.0 Å². The van der Waals surface area contributed by atoms with Gasteiger partial charge in [0.2, 0.25) is 0 Å². The van der Waals surface area contributed by atoms with Gasteiger partial charge in [-0.15, -0.1) is 0 Å². The molecule has 0 unspecified atom stereocenters. The van der Waals surface area contributed by atoms with Crippen LogP contribution in [0, 0.1) is 5.82 Å². The van der Waals surface area contributed by atoms with E-state index in [0.29, 0.717) is 5.19 Å². The molecule has 0 fully saturated rings. The zero-order valence-corrected chi connectivity index (χ0v) is 11.7. The molecular formula is C12H11F2N3O3S. The highest BCUT2D eigenvalue weighted by Gasteiger charge is 2.13. The molecule has 0 aromatic carbocycles. The number of anilines is 1. The summed E-state index contributed by atoms with van der Waals surface area (Å²) in [5.74, 6) is -1.59. The summed E-state index contributed by atoms with van der Waals surface area (Å²) >= 11 is 1.01. The van der Waals surface area contributed by atoms with Crippen molar-refractivity contribution in [3.63, 3.8) is 0 Å². The number of pyridine rings is 1. The normalized spacial score (nSPS) is 10.4. The van der Waals surface area contributed by atoms with Crippen LogP contribution in [-0.2, 0) is 6.54 Å². The first-order valence-electron chi connectivity index (χ1n) is 5.82. The van der Waals surface area contributed by atoms with Crippen LogP contribution < -0.4 is 15.6 Å². The van der Waals surface area contributed by atoms with E-state index < -0.39 is 24.0 Å². The maximum atomic E-state index is 13.4. The number of amides is 1.